The second kappa shape index (κ2) is 7.74. The van der Waals surface area contributed by atoms with Crippen molar-refractivity contribution in [2.24, 2.45) is 0 Å². The van der Waals surface area contributed by atoms with Crippen LogP contribution < -0.4 is 14.8 Å². The molecule has 0 bridgehead atoms. The molecule has 2 aromatic carbocycles. The van der Waals surface area contributed by atoms with Crippen molar-refractivity contribution in [3.05, 3.63) is 72.3 Å². The van der Waals surface area contributed by atoms with Gasteiger partial charge in [0.05, 0.1) is 32.8 Å². The Balaban J connectivity index is 1.84. The molecule has 1 N–H and O–H groups in total. The van der Waals surface area contributed by atoms with E-state index in [0.717, 1.165) is 11.3 Å². The zero-order valence-corrected chi connectivity index (χ0v) is 15.0. The number of rotatable bonds is 6. The first-order valence-electron chi connectivity index (χ1n) is 8.24. The number of benzene rings is 2. The van der Waals surface area contributed by atoms with Crippen molar-refractivity contribution in [1.82, 2.24) is 14.9 Å². The van der Waals surface area contributed by atoms with E-state index in [1.165, 1.54) is 0 Å². The maximum absolute atomic E-state index is 12.8. The summed E-state index contributed by atoms with van der Waals surface area (Å²) in [5, 5.41) is 3.00. The van der Waals surface area contributed by atoms with Crippen molar-refractivity contribution in [2.45, 2.75) is 13.0 Å². The Kier molecular flexibility index (Phi) is 5.22. The molecule has 0 aliphatic carbocycles. The van der Waals surface area contributed by atoms with Crippen LogP contribution in [0.25, 0.3) is 5.69 Å². The maximum atomic E-state index is 12.8. The van der Waals surface area contributed by atoms with E-state index in [2.05, 4.69) is 10.3 Å². The number of nitrogens with one attached hydrogen (secondary N) is 1. The van der Waals surface area contributed by atoms with Crippen LogP contribution in [0.4, 0.5) is 0 Å². The first-order chi connectivity index (χ1) is 12.6. The minimum absolute atomic E-state index is 0.219. The maximum Gasteiger partial charge on any atom is 0.270 e. The lowest BCUT2D eigenvalue weighted by atomic mass is 10.1. The third kappa shape index (κ3) is 3.54. The van der Waals surface area contributed by atoms with Crippen LogP contribution in [0.2, 0.25) is 0 Å². The number of amides is 1. The molecule has 0 radical (unpaired) electrons. The summed E-state index contributed by atoms with van der Waals surface area (Å²) >= 11 is 0. The van der Waals surface area contributed by atoms with Gasteiger partial charge in [0.15, 0.2) is 0 Å². The number of nitrogens with zero attached hydrogens (tertiary/aromatic N) is 2. The van der Waals surface area contributed by atoms with Crippen molar-refractivity contribution >= 4 is 5.91 Å². The predicted molar refractivity (Wildman–Crippen MR) is 99.0 cm³/mol. The first-order valence-corrected chi connectivity index (χ1v) is 8.24. The molecule has 26 heavy (non-hydrogen) atoms. The Morgan fingerprint density at radius 2 is 1.88 bits per heavy atom. The fraction of sp³-hybridized carbons (Fsp3) is 0.200. The SMILES string of the molecule is COc1ccc(OC)c(C(C)NC(=O)c2cncn2-c2ccccc2)c1. The topological polar surface area (TPSA) is 65.4 Å². The Bertz CT molecular complexity index is 890. The Labute approximate surface area is 152 Å². The molecule has 0 aliphatic heterocycles. The normalized spacial score (nSPS) is 11.7. The van der Waals surface area contributed by atoms with Crippen LogP contribution in [0.5, 0.6) is 11.5 Å². The molecule has 0 aliphatic rings. The van der Waals surface area contributed by atoms with Crippen LogP contribution in [0, 0.1) is 0 Å². The molecule has 6 heteroatoms. The van der Waals surface area contributed by atoms with E-state index in [-0.39, 0.29) is 11.9 Å². The number of hydrogen-bond acceptors (Lipinski definition) is 4. The Hall–Kier alpha value is -3.28. The third-order valence-corrected chi connectivity index (χ3v) is 4.16. The fourth-order valence-corrected chi connectivity index (χ4v) is 2.78. The molecule has 0 fully saturated rings. The molecular formula is C20H21N3O3. The Morgan fingerprint density at radius 1 is 1.12 bits per heavy atom. The molecule has 1 amide bonds. The van der Waals surface area contributed by atoms with Crippen LogP contribution in [0.3, 0.4) is 0 Å². The van der Waals surface area contributed by atoms with E-state index < -0.39 is 0 Å². The van der Waals surface area contributed by atoms with Gasteiger partial charge in [-0.25, -0.2) is 4.98 Å². The fourth-order valence-electron chi connectivity index (χ4n) is 2.78. The quantitative estimate of drug-likeness (QED) is 0.739. The van der Waals surface area contributed by atoms with Crippen molar-refractivity contribution in [3.63, 3.8) is 0 Å². The average Bonchev–Trinajstić information content (AvgIpc) is 3.18. The van der Waals surface area contributed by atoms with Gasteiger partial charge in [-0.15, -0.1) is 0 Å². The standard InChI is InChI=1S/C20H21N3O3/c1-14(17-11-16(25-2)9-10-19(17)26-3)22-20(24)18-12-21-13-23(18)15-7-5-4-6-8-15/h4-14H,1-3H3,(H,22,24). The van der Waals surface area contributed by atoms with Gasteiger partial charge >= 0.3 is 0 Å². The molecular weight excluding hydrogens is 330 g/mol. The van der Waals surface area contributed by atoms with E-state index in [9.17, 15) is 4.79 Å². The van der Waals surface area contributed by atoms with Gasteiger partial charge < -0.3 is 14.8 Å². The molecule has 3 rings (SSSR count). The van der Waals surface area contributed by atoms with Crippen LogP contribution in [-0.2, 0) is 0 Å². The molecule has 3 aromatic rings. The molecule has 0 saturated carbocycles. The van der Waals surface area contributed by atoms with E-state index in [1.807, 2.05) is 55.5 Å². The molecule has 6 nitrogen and oxygen atoms in total. The average molecular weight is 351 g/mol. The molecule has 134 valence electrons. The van der Waals surface area contributed by atoms with Crippen molar-refractivity contribution < 1.29 is 14.3 Å². The molecule has 0 saturated heterocycles. The number of carbonyl (C=O) groups excluding carboxylic acids is 1. The smallest absolute Gasteiger partial charge is 0.270 e. The van der Waals surface area contributed by atoms with Gasteiger partial charge in [0.25, 0.3) is 5.91 Å². The summed E-state index contributed by atoms with van der Waals surface area (Å²) in [5.74, 6) is 1.18. The molecule has 1 heterocycles. The third-order valence-electron chi connectivity index (χ3n) is 4.16. The summed E-state index contributed by atoms with van der Waals surface area (Å²) in [5.41, 5.74) is 2.18. The van der Waals surface area contributed by atoms with Gasteiger partial charge in [0.1, 0.15) is 17.2 Å². The van der Waals surface area contributed by atoms with Gasteiger partial charge in [-0.2, -0.15) is 0 Å². The highest BCUT2D eigenvalue weighted by Gasteiger charge is 2.19. The van der Waals surface area contributed by atoms with E-state index >= 15 is 0 Å². The summed E-state index contributed by atoms with van der Waals surface area (Å²) in [6.45, 7) is 1.90. The number of ether oxygens (including phenoxy) is 2. The summed E-state index contributed by atoms with van der Waals surface area (Å²) in [6, 6.07) is 14.8. The number of methoxy groups -OCH3 is 2. The number of para-hydroxylation sites is 1. The minimum Gasteiger partial charge on any atom is -0.497 e. The molecule has 1 aromatic heterocycles. The highest BCUT2D eigenvalue weighted by Crippen LogP contribution is 2.29. The van der Waals surface area contributed by atoms with Crippen molar-refractivity contribution in [3.8, 4) is 17.2 Å². The van der Waals surface area contributed by atoms with Gasteiger partial charge in [-0.05, 0) is 37.3 Å². The molecule has 1 unspecified atom stereocenters. The lowest BCUT2D eigenvalue weighted by molar-refractivity contribution is 0.0932. The molecule has 1 atom stereocenters. The second-order valence-electron chi connectivity index (χ2n) is 5.79. The number of hydrogen-bond donors (Lipinski definition) is 1. The van der Waals surface area contributed by atoms with Crippen LogP contribution in [0.15, 0.2) is 61.1 Å². The van der Waals surface area contributed by atoms with E-state index in [4.69, 9.17) is 9.47 Å². The first kappa shape index (κ1) is 17.5. The van der Waals surface area contributed by atoms with Crippen LogP contribution in [0.1, 0.15) is 29.0 Å². The van der Waals surface area contributed by atoms with E-state index in [1.54, 1.807) is 31.3 Å². The van der Waals surface area contributed by atoms with Crippen LogP contribution >= 0.6 is 0 Å². The largest absolute Gasteiger partial charge is 0.497 e. The van der Waals surface area contributed by atoms with Gasteiger partial charge in [-0.1, -0.05) is 18.2 Å². The van der Waals surface area contributed by atoms with Crippen LogP contribution in [-0.4, -0.2) is 29.7 Å². The van der Waals surface area contributed by atoms with Gasteiger partial charge in [0.2, 0.25) is 0 Å². The van der Waals surface area contributed by atoms with Crippen molar-refractivity contribution in [1.29, 1.82) is 0 Å². The zero-order valence-electron chi connectivity index (χ0n) is 15.0. The van der Waals surface area contributed by atoms with Crippen molar-refractivity contribution in [2.75, 3.05) is 14.2 Å². The number of imidazole rings is 1. The van der Waals surface area contributed by atoms with Gasteiger partial charge in [-0.3, -0.25) is 9.36 Å². The lowest BCUT2D eigenvalue weighted by Gasteiger charge is -2.18. The highest BCUT2D eigenvalue weighted by atomic mass is 16.5. The predicted octanol–water partition coefficient (Wildman–Crippen LogP) is 3.38. The summed E-state index contributed by atoms with van der Waals surface area (Å²) < 4.78 is 12.4. The highest BCUT2D eigenvalue weighted by molar-refractivity contribution is 5.93. The monoisotopic (exact) mass is 351 g/mol. The zero-order chi connectivity index (χ0) is 18.5. The van der Waals surface area contributed by atoms with Gasteiger partial charge in [0, 0.05) is 11.3 Å². The minimum atomic E-state index is -0.272. The van der Waals surface area contributed by atoms with E-state index in [0.29, 0.717) is 17.2 Å². The summed E-state index contributed by atoms with van der Waals surface area (Å²) in [7, 11) is 3.21. The molecule has 0 spiro atoms. The summed E-state index contributed by atoms with van der Waals surface area (Å²) in [6.07, 6.45) is 3.18. The number of aromatic nitrogens is 2. The Morgan fingerprint density at radius 3 is 2.58 bits per heavy atom. The summed E-state index contributed by atoms with van der Waals surface area (Å²) in [4.78, 5) is 16.9. The number of carbonyl (C=O) groups is 1. The second-order valence-corrected chi connectivity index (χ2v) is 5.79. The lowest BCUT2D eigenvalue weighted by Crippen LogP contribution is -2.28.